The summed E-state index contributed by atoms with van der Waals surface area (Å²) in [5.74, 6) is -0.281. The number of hydrogen-bond donors (Lipinski definition) is 0. The highest BCUT2D eigenvalue weighted by Gasteiger charge is 2.40. The Morgan fingerprint density at radius 1 is 1.12 bits per heavy atom. The Bertz CT molecular complexity index is 590. The zero-order chi connectivity index (χ0) is 18.1. The van der Waals surface area contributed by atoms with Crippen LogP contribution in [0.5, 0.6) is 0 Å². The Labute approximate surface area is 143 Å². The minimum atomic E-state index is -3.65. The van der Waals surface area contributed by atoms with E-state index in [9.17, 15) is 18.0 Å². The van der Waals surface area contributed by atoms with Crippen LogP contribution in [0.1, 0.15) is 40.0 Å². The van der Waals surface area contributed by atoms with Crippen molar-refractivity contribution in [2.24, 2.45) is 0 Å². The first-order chi connectivity index (χ1) is 11.0. The first-order valence-electron chi connectivity index (χ1n) is 8.13. The number of rotatable bonds is 3. The van der Waals surface area contributed by atoms with Crippen LogP contribution in [0.25, 0.3) is 0 Å². The Hall–Kier alpha value is -1.35. The van der Waals surface area contributed by atoms with Crippen LogP contribution >= 0.6 is 0 Å². The van der Waals surface area contributed by atoms with E-state index in [0.717, 1.165) is 6.26 Å². The van der Waals surface area contributed by atoms with Crippen LogP contribution in [0.15, 0.2) is 0 Å². The van der Waals surface area contributed by atoms with Gasteiger partial charge in [-0.05, 0) is 33.6 Å². The van der Waals surface area contributed by atoms with Crippen molar-refractivity contribution in [2.75, 3.05) is 25.9 Å². The van der Waals surface area contributed by atoms with E-state index >= 15 is 0 Å². The summed E-state index contributed by atoms with van der Waals surface area (Å²) in [5, 5.41) is 0. The molecule has 0 aliphatic carbocycles. The second kappa shape index (κ2) is 6.87. The minimum absolute atomic E-state index is 0.00402. The molecular formula is C15H26N2O6S. The average Bonchev–Trinajstić information content (AvgIpc) is 2.76. The second-order valence-electron chi connectivity index (χ2n) is 7.31. The van der Waals surface area contributed by atoms with Crippen molar-refractivity contribution in [3.05, 3.63) is 0 Å². The molecule has 0 N–H and O–H groups in total. The fourth-order valence-corrected chi connectivity index (χ4v) is 3.62. The molecule has 2 fully saturated rings. The lowest BCUT2D eigenvalue weighted by Gasteiger charge is -2.37. The first-order valence-corrected chi connectivity index (χ1v) is 9.94. The molecule has 1 atom stereocenters. The highest BCUT2D eigenvalue weighted by molar-refractivity contribution is 7.86. The average molecular weight is 362 g/mol. The molecule has 2 rings (SSSR count). The van der Waals surface area contributed by atoms with Gasteiger partial charge >= 0.3 is 6.09 Å². The summed E-state index contributed by atoms with van der Waals surface area (Å²) < 4.78 is 32.6. The number of amides is 2. The molecule has 0 saturated carbocycles. The first kappa shape index (κ1) is 19.0. The molecular weight excluding hydrogens is 336 g/mol. The Kier molecular flexibility index (Phi) is 5.44. The molecule has 2 heterocycles. The van der Waals surface area contributed by atoms with Gasteiger partial charge in [0.05, 0.1) is 6.26 Å². The van der Waals surface area contributed by atoms with E-state index in [1.165, 1.54) is 0 Å². The summed E-state index contributed by atoms with van der Waals surface area (Å²) in [7, 11) is -3.65. The van der Waals surface area contributed by atoms with E-state index in [4.69, 9.17) is 8.92 Å². The molecule has 0 aromatic rings. The van der Waals surface area contributed by atoms with Gasteiger partial charge < -0.3 is 14.5 Å². The van der Waals surface area contributed by atoms with Gasteiger partial charge in [0.1, 0.15) is 5.60 Å². The Morgan fingerprint density at radius 3 is 2.21 bits per heavy atom. The van der Waals surface area contributed by atoms with Crippen LogP contribution in [0.4, 0.5) is 4.79 Å². The van der Waals surface area contributed by atoms with Crippen molar-refractivity contribution in [1.29, 1.82) is 0 Å². The van der Waals surface area contributed by atoms with E-state index in [1.807, 2.05) is 20.8 Å². The minimum Gasteiger partial charge on any atom is -0.444 e. The predicted octanol–water partition coefficient (Wildman–Crippen LogP) is 0.963. The van der Waals surface area contributed by atoms with Gasteiger partial charge in [0.25, 0.3) is 16.0 Å². The zero-order valence-corrected chi connectivity index (χ0v) is 15.5. The van der Waals surface area contributed by atoms with Crippen molar-refractivity contribution in [1.82, 2.24) is 9.80 Å². The van der Waals surface area contributed by atoms with Crippen LogP contribution in [0.2, 0.25) is 0 Å². The fourth-order valence-electron chi connectivity index (χ4n) is 3.02. The summed E-state index contributed by atoms with van der Waals surface area (Å²) >= 11 is 0. The van der Waals surface area contributed by atoms with Gasteiger partial charge in [-0.3, -0.25) is 8.98 Å². The Morgan fingerprint density at radius 2 is 1.71 bits per heavy atom. The van der Waals surface area contributed by atoms with E-state index in [-0.39, 0.29) is 18.0 Å². The van der Waals surface area contributed by atoms with Crippen LogP contribution in [-0.4, -0.2) is 73.9 Å². The number of carbonyl (C=O) groups excluding carboxylic acids is 2. The summed E-state index contributed by atoms with van der Waals surface area (Å²) in [6, 6.07) is 0.00402. The molecule has 2 saturated heterocycles. The normalized spacial score (nSPS) is 23.7. The lowest BCUT2D eigenvalue weighted by atomic mass is 10.0. The van der Waals surface area contributed by atoms with Gasteiger partial charge in [-0.1, -0.05) is 0 Å². The maximum Gasteiger partial charge on any atom is 0.410 e. The van der Waals surface area contributed by atoms with Crippen molar-refractivity contribution >= 4 is 22.1 Å². The van der Waals surface area contributed by atoms with Gasteiger partial charge in [-0.25, -0.2) is 4.79 Å². The molecule has 0 spiro atoms. The summed E-state index contributed by atoms with van der Waals surface area (Å²) in [4.78, 5) is 27.7. The van der Waals surface area contributed by atoms with Crippen molar-refractivity contribution in [3.8, 4) is 0 Å². The second-order valence-corrected chi connectivity index (χ2v) is 8.91. The number of likely N-dealkylation sites (tertiary alicyclic amines) is 2. The molecule has 24 heavy (non-hydrogen) atoms. The number of carbonyl (C=O) groups is 2. The summed E-state index contributed by atoms with van der Waals surface area (Å²) in [5.41, 5.74) is -0.533. The molecule has 138 valence electrons. The van der Waals surface area contributed by atoms with E-state index < -0.39 is 21.8 Å². The molecule has 2 amide bonds. The molecule has 9 heteroatoms. The number of hydrogen-bond acceptors (Lipinski definition) is 6. The van der Waals surface area contributed by atoms with Crippen LogP contribution in [0.3, 0.4) is 0 Å². The summed E-state index contributed by atoms with van der Waals surface area (Å²) in [6.07, 6.45) is 1.36. The third-order valence-electron chi connectivity index (χ3n) is 4.04. The lowest BCUT2D eigenvalue weighted by Crippen LogP contribution is -2.49. The van der Waals surface area contributed by atoms with Gasteiger partial charge in [-0.2, -0.15) is 8.42 Å². The number of ether oxygens (including phenoxy) is 1. The molecule has 0 aromatic heterocycles. The highest BCUT2D eigenvalue weighted by atomic mass is 32.2. The summed E-state index contributed by atoms with van der Waals surface area (Å²) in [6.45, 7) is 6.98. The lowest BCUT2D eigenvalue weighted by molar-refractivity contribution is -0.135. The standard InChI is InChI=1S/C15H26N2O6S/c1-15(2,3)22-14(19)16-8-5-11(6-9-16)17-10-7-12(13(17)18)23-24(4,20)21/h11-12H,5-10H2,1-4H3. The fraction of sp³-hybridized carbons (Fsp3) is 0.867. The van der Waals surface area contributed by atoms with Gasteiger partial charge in [0.15, 0.2) is 6.10 Å². The van der Waals surface area contributed by atoms with Gasteiger partial charge in [0.2, 0.25) is 0 Å². The third-order valence-corrected chi connectivity index (χ3v) is 4.62. The smallest absolute Gasteiger partial charge is 0.410 e. The highest BCUT2D eigenvalue weighted by Crippen LogP contribution is 2.25. The maximum absolute atomic E-state index is 12.3. The van der Waals surface area contributed by atoms with Gasteiger partial charge in [-0.15, -0.1) is 0 Å². The zero-order valence-electron chi connectivity index (χ0n) is 14.6. The van der Waals surface area contributed by atoms with Crippen LogP contribution in [0, 0.1) is 0 Å². The van der Waals surface area contributed by atoms with Crippen LogP contribution < -0.4 is 0 Å². The monoisotopic (exact) mass is 362 g/mol. The molecule has 1 unspecified atom stereocenters. The largest absolute Gasteiger partial charge is 0.444 e. The van der Waals surface area contributed by atoms with E-state index in [2.05, 4.69) is 0 Å². The molecule has 2 aliphatic rings. The van der Waals surface area contributed by atoms with Gasteiger partial charge in [0, 0.05) is 32.1 Å². The number of nitrogens with zero attached hydrogens (tertiary/aromatic N) is 2. The van der Waals surface area contributed by atoms with Crippen molar-refractivity contribution in [2.45, 2.75) is 57.8 Å². The molecule has 0 bridgehead atoms. The molecule has 0 radical (unpaired) electrons. The molecule has 8 nitrogen and oxygen atoms in total. The van der Waals surface area contributed by atoms with E-state index in [1.54, 1.807) is 9.80 Å². The SMILES string of the molecule is CC(C)(C)OC(=O)N1CCC(N2CCC(OS(C)(=O)=O)C2=O)CC1. The maximum atomic E-state index is 12.3. The topological polar surface area (TPSA) is 93.2 Å². The van der Waals surface area contributed by atoms with Crippen LogP contribution in [-0.2, 0) is 23.8 Å². The third kappa shape index (κ3) is 5.07. The van der Waals surface area contributed by atoms with E-state index in [0.29, 0.717) is 38.9 Å². The van der Waals surface area contributed by atoms with Crippen molar-refractivity contribution < 1.29 is 26.9 Å². The molecule has 2 aliphatic heterocycles. The predicted molar refractivity (Wildman–Crippen MR) is 86.9 cm³/mol. The quantitative estimate of drug-likeness (QED) is 0.694. The number of piperidine rings is 1. The molecule has 0 aromatic carbocycles. The Balaban J connectivity index is 1.87. The van der Waals surface area contributed by atoms with Crippen molar-refractivity contribution in [3.63, 3.8) is 0 Å².